The number of halogens is 1. The van der Waals surface area contributed by atoms with Gasteiger partial charge in [0.25, 0.3) is 0 Å². The van der Waals surface area contributed by atoms with Crippen molar-refractivity contribution in [2.75, 3.05) is 19.7 Å². The second kappa shape index (κ2) is 9.07. The largest absolute Gasteiger partial charge is 0.494 e. The van der Waals surface area contributed by atoms with Gasteiger partial charge >= 0.3 is 12.0 Å². The number of ether oxygens (including phenoxy) is 1. The molecule has 116 valence electrons. The zero-order chi connectivity index (χ0) is 15.7. The Kier molecular flexibility index (Phi) is 7.39. The maximum absolute atomic E-state index is 11.4. The van der Waals surface area contributed by atoms with Gasteiger partial charge in [0.05, 0.1) is 13.0 Å². The van der Waals surface area contributed by atoms with Crippen molar-refractivity contribution in [2.24, 2.45) is 0 Å². The molecule has 3 N–H and O–H groups in total. The van der Waals surface area contributed by atoms with Gasteiger partial charge in [-0.25, -0.2) is 4.79 Å². The van der Waals surface area contributed by atoms with Crippen LogP contribution in [0.15, 0.2) is 18.2 Å². The number of carbonyl (C=O) groups is 2. The number of amides is 2. The summed E-state index contributed by atoms with van der Waals surface area (Å²) in [6, 6.07) is 4.96. The highest BCUT2D eigenvalue weighted by molar-refractivity contribution is 6.30. The highest BCUT2D eigenvalue weighted by atomic mass is 35.5. The van der Waals surface area contributed by atoms with Crippen molar-refractivity contribution in [2.45, 2.75) is 19.8 Å². The zero-order valence-corrected chi connectivity index (χ0v) is 12.6. The summed E-state index contributed by atoms with van der Waals surface area (Å²) in [5.41, 5.74) is 0.912. The van der Waals surface area contributed by atoms with Crippen molar-refractivity contribution in [1.29, 1.82) is 0 Å². The summed E-state index contributed by atoms with van der Waals surface area (Å²) in [6.45, 7) is 2.95. The number of urea groups is 1. The zero-order valence-electron chi connectivity index (χ0n) is 11.8. The van der Waals surface area contributed by atoms with E-state index in [2.05, 4.69) is 10.6 Å². The van der Waals surface area contributed by atoms with Crippen LogP contribution in [0.25, 0.3) is 0 Å². The van der Waals surface area contributed by atoms with Crippen LogP contribution in [0.2, 0.25) is 5.02 Å². The van der Waals surface area contributed by atoms with Crippen LogP contribution in [0, 0.1) is 0 Å². The summed E-state index contributed by atoms with van der Waals surface area (Å²) in [5, 5.41) is 14.2. The van der Waals surface area contributed by atoms with E-state index in [-0.39, 0.29) is 13.0 Å². The molecule has 0 saturated heterocycles. The van der Waals surface area contributed by atoms with Gasteiger partial charge in [-0.3, -0.25) is 4.79 Å². The van der Waals surface area contributed by atoms with Gasteiger partial charge in [0.2, 0.25) is 0 Å². The number of nitrogens with one attached hydrogen (secondary N) is 2. The second-order valence-corrected chi connectivity index (χ2v) is 4.70. The lowest BCUT2D eigenvalue weighted by Crippen LogP contribution is -2.37. The van der Waals surface area contributed by atoms with Gasteiger partial charge in [0.1, 0.15) is 5.75 Å². The van der Waals surface area contributed by atoms with Gasteiger partial charge in [0, 0.05) is 18.1 Å². The first-order valence-corrected chi connectivity index (χ1v) is 7.05. The van der Waals surface area contributed by atoms with E-state index >= 15 is 0 Å². The lowest BCUT2D eigenvalue weighted by molar-refractivity contribution is -0.136. The average molecular weight is 315 g/mol. The van der Waals surface area contributed by atoms with Crippen LogP contribution in [0.5, 0.6) is 5.75 Å². The molecule has 1 rings (SSSR count). The van der Waals surface area contributed by atoms with Crippen molar-refractivity contribution >= 4 is 23.6 Å². The fraction of sp³-hybridized carbons (Fsp3) is 0.429. The van der Waals surface area contributed by atoms with E-state index in [1.54, 1.807) is 18.2 Å². The molecule has 0 aliphatic heterocycles. The molecule has 2 amide bonds. The van der Waals surface area contributed by atoms with E-state index in [1.807, 2.05) is 6.92 Å². The molecule has 0 spiro atoms. The SMILES string of the molecule is CCOc1ccc(Cl)cc1CCNC(=O)NCCC(=O)O. The van der Waals surface area contributed by atoms with Crippen LogP contribution in [-0.2, 0) is 11.2 Å². The van der Waals surface area contributed by atoms with Crippen LogP contribution in [-0.4, -0.2) is 36.8 Å². The highest BCUT2D eigenvalue weighted by Crippen LogP contribution is 2.23. The summed E-state index contributed by atoms with van der Waals surface area (Å²) in [5.74, 6) is -0.203. The molecule has 0 saturated carbocycles. The van der Waals surface area contributed by atoms with E-state index in [1.165, 1.54) is 0 Å². The van der Waals surface area contributed by atoms with Gasteiger partial charge < -0.3 is 20.5 Å². The fourth-order valence-electron chi connectivity index (χ4n) is 1.70. The average Bonchev–Trinajstić information content (AvgIpc) is 2.41. The van der Waals surface area contributed by atoms with Gasteiger partial charge in [-0.2, -0.15) is 0 Å². The number of carboxylic acid groups (broad SMARTS) is 1. The van der Waals surface area contributed by atoms with Crippen molar-refractivity contribution in [1.82, 2.24) is 10.6 Å². The third-order valence-corrected chi connectivity index (χ3v) is 2.86. The van der Waals surface area contributed by atoms with E-state index in [9.17, 15) is 9.59 Å². The summed E-state index contributed by atoms with van der Waals surface area (Å²) in [6.07, 6.45) is 0.471. The number of hydrogen-bond acceptors (Lipinski definition) is 3. The Morgan fingerprint density at radius 3 is 2.67 bits per heavy atom. The number of aliphatic carboxylic acids is 1. The minimum Gasteiger partial charge on any atom is -0.494 e. The van der Waals surface area contributed by atoms with Gasteiger partial charge in [0.15, 0.2) is 0 Å². The first-order chi connectivity index (χ1) is 10.0. The van der Waals surface area contributed by atoms with Gasteiger partial charge in [-0.05, 0) is 37.1 Å². The molecule has 0 fully saturated rings. The summed E-state index contributed by atoms with van der Waals surface area (Å²) >= 11 is 5.95. The smallest absolute Gasteiger partial charge is 0.314 e. The third-order valence-electron chi connectivity index (χ3n) is 2.63. The minimum absolute atomic E-state index is 0.0997. The van der Waals surface area contributed by atoms with Crippen molar-refractivity contribution in [3.63, 3.8) is 0 Å². The molecule has 0 aliphatic rings. The first kappa shape index (κ1) is 17.1. The normalized spacial score (nSPS) is 10.0. The van der Waals surface area contributed by atoms with E-state index in [0.29, 0.717) is 24.6 Å². The van der Waals surface area contributed by atoms with E-state index < -0.39 is 12.0 Å². The van der Waals surface area contributed by atoms with Crippen LogP contribution in [0.3, 0.4) is 0 Å². The topological polar surface area (TPSA) is 87.7 Å². The second-order valence-electron chi connectivity index (χ2n) is 4.26. The summed E-state index contributed by atoms with van der Waals surface area (Å²) in [4.78, 5) is 21.7. The van der Waals surface area contributed by atoms with Crippen LogP contribution in [0.4, 0.5) is 4.79 Å². The van der Waals surface area contributed by atoms with Crippen LogP contribution < -0.4 is 15.4 Å². The number of rotatable bonds is 8. The van der Waals surface area contributed by atoms with Gasteiger partial charge in [-0.1, -0.05) is 11.6 Å². The predicted molar refractivity (Wildman–Crippen MR) is 80.0 cm³/mol. The number of hydrogen-bond donors (Lipinski definition) is 3. The molecule has 0 atom stereocenters. The summed E-state index contributed by atoms with van der Waals surface area (Å²) in [7, 11) is 0. The molecule has 1 aromatic rings. The van der Waals surface area contributed by atoms with Crippen molar-refractivity contribution in [3.8, 4) is 5.75 Å². The minimum atomic E-state index is -0.949. The monoisotopic (exact) mass is 314 g/mol. The fourth-order valence-corrected chi connectivity index (χ4v) is 1.89. The molecular weight excluding hydrogens is 296 g/mol. The molecule has 0 aromatic heterocycles. The molecule has 1 aromatic carbocycles. The Labute approximate surface area is 128 Å². The molecule has 7 heteroatoms. The number of carboxylic acids is 1. The van der Waals surface area contributed by atoms with Gasteiger partial charge in [-0.15, -0.1) is 0 Å². The van der Waals surface area contributed by atoms with E-state index in [4.69, 9.17) is 21.4 Å². The Balaban J connectivity index is 2.39. The molecule has 0 unspecified atom stereocenters. The Bertz CT molecular complexity index is 494. The predicted octanol–water partition coefficient (Wildman–Crippen LogP) is 2.06. The van der Waals surface area contributed by atoms with Crippen LogP contribution in [0.1, 0.15) is 18.9 Å². The molecule has 21 heavy (non-hydrogen) atoms. The highest BCUT2D eigenvalue weighted by Gasteiger charge is 2.06. The molecule has 0 heterocycles. The number of carbonyl (C=O) groups excluding carboxylic acids is 1. The quantitative estimate of drug-likeness (QED) is 0.685. The maximum atomic E-state index is 11.4. The molecule has 0 radical (unpaired) electrons. The first-order valence-electron chi connectivity index (χ1n) is 6.67. The Morgan fingerprint density at radius 1 is 1.29 bits per heavy atom. The number of benzene rings is 1. The molecule has 6 nitrogen and oxygen atoms in total. The standard InChI is InChI=1S/C14H19ClN2O4/c1-2-21-12-4-3-11(15)9-10(12)5-7-16-14(20)17-8-6-13(18)19/h3-4,9H,2,5-8H2,1H3,(H,18,19)(H2,16,17,20). The molecule has 0 bridgehead atoms. The Hall–Kier alpha value is -1.95. The van der Waals surface area contributed by atoms with Crippen LogP contribution >= 0.6 is 11.6 Å². The van der Waals surface area contributed by atoms with Crippen molar-refractivity contribution < 1.29 is 19.4 Å². The summed E-state index contributed by atoms with van der Waals surface area (Å²) < 4.78 is 5.49. The third kappa shape index (κ3) is 6.85. The molecule has 0 aliphatic carbocycles. The van der Waals surface area contributed by atoms with Crippen molar-refractivity contribution in [3.05, 3.63) is 28.8 Å². The lowest BCUT2D eigenvalue weighted by Gasteiger charge is -2.11. The molecular formula is C14H19ClN2O4. The lowest BCUT2D eigenvalue weighted by atomic mass is 10.1. The Morgan fingerprint density at radius 2 is 2.00 bits per heavy atom. The van der Waals surface area contributed by atoms with E-state index in [0.717, 1.165) is 11.3 Å². The maximum Gasteiger partial charge on any atom is 0.314 e.